The van der Waals surface area contributed by atoms with Gasteiger partial charge >= 0.3 is 0 Å². The molecule has 4 heteroatoms. The standard InChI is InChI=1S/C14H20FNO2/c1-10(12-3-2-11(18)8-13(12)15)16-9-14(4-5-14)6-7-17/h2-3,8,10,16-18H,4-7,9H2,1H3. The first-order valence-corrected chi connectivity index (χ1v) is 6.39. The van der Waals surface area contributed by atoms with E-state index in [4.69, 9.17) is 5.11 Å². The fraction of sp³-hybridized carbons (Fsp3) is 0.571. The molecule has 0 heterocycles. The molecular formula is C14H20FNO2. The maximum atomic E-state index is 13.6. The van der Waals surface area contributed by atoms with E-state index in [-0.39, 0.29) is 29.6 Å². The minimum absolute atomic E-state index is 0.0533. The van der Waals surface area contributed by atoms with Crippen LogP contribution in [-0.2, 0) is 0 Å². The summed E-state index contributed by atoms with van der Waals surface area (Å²) in [4.78, 5) is 0. The highest BCUT2D eigenvalue weighted by Crippen LogP contribution is 2.48. The number of aromatic hydroxyl groups is 1. The molecule has 3 nitrogen and oxygen atoms in total. The van der Waals surface area contributed by atoms with Crippen molar-refractivity contribution >= 4 is 0 Å². The molecule has 1 aromatic carbocycles. The number of rotatable bonds is 6. The van der Waals surface area contributed by atoms with Crippen molar-refractivity contribution in [1.29, 1.82) is 0 Å². The van der Waals surface area contributed by atoms with Crippen molar-refractivity contribution in [3.05, 3.63) is 29.6 Å². The summed E-state index contributed by atoms with van der Waals surface area (Å²) in [6.45, 7) is 2.92. The van der Waals surface area contributed by atoms with Crippen molar-refractivity contribution in [2.24, 2.45) is 5.41 Å². The van der Waals surface area contributed by atoms with Crippen LogP contribution in [0.4, 0.5) is 4.39 Å². The zero-order chi connectivity index (χ0) is 13.2. The Kier molecular flexibility index (Phi) is 3.88. The third-order valence-corrected chi connectivity index (χ3v) is 3.83. The molecule has 1 aliphatic rings. The predicted molar refractivity (Wildman–Crippen MR) is 67.9 cm³/mol. The highest BCUT2D eigenvalue weighted by molar-refractivity contribution is 5.29. The lowest BCUT2D eigenvalue weighted by Gasteiger charge is -2.20. The molecule has 2 rings (SSSR count). The first-order chi connectivity index (χ1) is 8.56. The third-order valence-electron chi connectivity index (χ3n) is 3.83. The van der Waals surface area contributed by atoms with Crippen molar-refractivity contribution in [3.8, 4) is 5.75 Å². The average molecular weight is 253 g/mol. The van der Waals surface area contributed by atoms with Crippen LogP contribution in [-0.4, -0.2) is 23.4 Å². The number of hydrogen-bond donors (Lipinski definition) is 3. The molecule has 1 unspecified atom stereocenters. The van der Waals surface area contributed by atoms with Crippen molar-refractivity contribution in [1.82, 2.24) is 5.32 Å². The number of nitrogens with one attached hydrogen (secondary N) is 1. The number of phenols is 1. The van der Waals surface area contributed by atoms with E-state index in [1.807, 2.05) is 6.92 Å². The molecular weight excluding hydrogens is 233 g/mol. The van der Waals surface area contributed by atoms with E-state index >= 15 is 0 Å². The Labute approximate surface area is 107 Å². The number of phenolic OH excluding ortho intramolecular Hbond substituents is 1. The molecule has 100 valence electrons. The Bertz CT molecular complexity index is 418. The Morgan fingerprint density at radius 3 is 2.72 bits per heavy atom. The molecule has 1 aromatic rings. The zero-order valence-electron chi connectivity index (χ0n) is 10.6. The fourth-order valence-corrected chi connectivity index (χ4v) is 2.28. The van der Waals surface area contributed by atoms with Crippen LogP contribution in [0.2, 0.25) is 0 Å². The monoisotopic (exact) mass is 253 g/mol. The van der Waals surface area contributed by atoms with Gasteiger partial charge in [0.2, 0.25) is 0 Å². The SMILES string of the molecule is CC(NCC1(CCO)CC1)c1ccc(O)cc1F. The predicted octanol–water partition coefficient (Wildman–Crippen LogP) is 2.34. The second-order valence-corrected chi connectivity index (χ2v) is 5.28. The largest absolute Gasteiger partial charge is 0.508 e. The zero-order valence-corrected chi connectivity index (χ0v) is 10.6. The van der Waals surface area contributed by atoms with Gasteiger partial charge in [0.25, 0.3) is 0 Å². The van der Waals surface area contributed by atoms with Crippen molar-refractivity contribution in [2.45, 2.75) is 32.2 Å². The summed E-state index contributed by atoms with van der Waals surface area (Å²) >= 11 is 0. The smallest absolute Gasteiger partial charge is 0.131 e. The molecule has 0 aliphatic heterocycles. The van der Waals surface area contributed by atoms with Gasteiger partial charge in [-0.15, -0.1) is 0 Å². The first kappa shape index (κ1) is 13.3. The normalized spacial score (nSPS) is 18.6. The number of halogens is 1. The Balaban J connectivity index is 1.93. The van der Waals surface area contributed by atoms with Crippen molar-refractivity contribution in [3.63, 3.8) is 0 Å². The van der Waals surface area contributed by atoms with Gasteiger partial charge in [0.05, 0.1) is 0 Å². The fourth-order valence-electron chi connectivity index (χ4n) is 2.28. The van der Waals surface area contributed by atoms with E-state index in [2.05, 4.69) is 5.32 Å². The topological polar surface area (TPSA) is 52.5 Å². The lowest BCUT2D eigenvalue weighted by atomic mass is 10.0. The van der Waals surface area contributed by atoms with Gasteiger partial charge in [-0.2, -0.15) is 0 Å². The van der Waals surface area contributed by atoms with Crippen LogP contribution < -0.4 is 5.32 Å². The summed E-state index contributed by atoms with van der Waals surface area (Å²) in [5.74, 6) is -0.440. The summed E-state index contributed by atoms with van der Waals surface area (Å²) in [6.07, 6.45) is 3.07. The van der Waals surface area contributed by atoms with Crippen LogP contribution in [0.25, 0.3) is 0 Å². The lowest BCUT2D eigenvalue weighted by Crippen LogP contribution is -2.27. The molecule has 0 saturated heterocycles. The van der Waals surface area contributed by atoms with Crippen LogP contribution in [0.3, 0.4) is 0 Å². The Morgan fingerprint density at radius 2 is 2.17 bits per heavy atom. The van der Waals surface area contributed by atoms with Gasteiger partial charge in [0.1, 0.15) is 11.6 Å². The van der Waals surface area contributed by atoms with Crippen LogP contribution in [0, 0.1) is 11.2 Å². The maximum absolute atomic E-state index is 13.6. The second-order valence-electron chi connectivity index (χ2n) is 5.28. The van der Waals surface area contributed by atoms with Crippen molar-refractivity contribution in [2.75, 3.05) is 13.2 Å². The van der Waals surface area contributed by atoms with E-state index in [9.17, 15) is 9.50 Å². The highest BCUT2D eigenvalue weighted by Gasteiger charge is 2.41. The molecule has 0 spiro atoms. The van der Waals surface area contributed by atoms with Gasteiger partial charge in [-0.05, 0) is 37.7 Å². The summed E-state index contributed by atoms with van der Waals surface area (Å²) in [5, 5.41) is 21.5. The van der Waals surface area contributed by atoms with Crippen LogP contribution in [0.15, 0.2) is 18.2 Å². The third kappa shape index (κ3) is 3.00. The van der Waals surface area contributed by atoms with Gasteiger partial charge in [-0.3, -0.25) is 0 Å². The Morgan fingerprint density at radius 1 is 1.44 bits per heavy atom. The van der Waals surface area contributed by atoms with E-state index in [1.165, 1.54) is 6.07 Å². The van der Waals surface area contributed by atoms with E-state index < -0.39 is 0 Å². The first-order valence-electron chi connectivity index (χ1n) is 6.39. The van der Waals surface area contributed by atoms with Gasteiger partial charge < -0.3 is 15.5 Å². The molecule has 3 N–H and O–H groups in total. The van der Waals surface area contributed by atoms with Crippen molar-refractivity contribution < 1.29 is 14.6 Å². The van der Waals surface area contributed by atoms with Crippen LogP contribution in [0.1, 0.15) is 37.8 Å². The number of benzene rings is 1. The van der Waals surface area contributed by atoms with Gasteiger partial charge in [-0.1, -0.05) is 6.07 Å². The number of aliphatic hydroxyl groups excluding tert-OH is 1. The molecule has 1 fully saturated rings. The van der Waals surface area contributed by atoms with E-state index in [1.54, 1.807) is 6.07 Å². The lowest BCUT2D eigenvalue weighted by molar-refractivity contribution is 0.242. The maximum Gasteiger partial charge on any atom is 0.131 e. The van der Waals surface area contributed by atoms with Crippen LogP contribution >= 0.6 is 0 Å². The number of hydrogen-bond acceptors (Lipinski definition) is 3. The Hall–Kier alpha value is -1.13. The minimum atomic E-state index is -0.387. The molecule has 1 saturated carbocycles. The molecule has 0 aromatic heterocycles. The van der Waals surface area contributed by atoms with Crippen LogP contribution in [0.5, 0.6) is 5.75 Å². The molecule has 1 atom stereocenters. The summed E-state index contributed by atoms with van der Waals surface area (Å²) in [7, 11) is 0. The highest BCUT2D eigenvalue weighted by atomic mass is 19.1. The van der Waals surface area contributed by atoms with Gasteiger partial charge in [0, 0.05) is 30.8 Å². The summed E-state index contributed by atoms with van der Waals surface area (Å²) in [5.41, 5.74) is 0.781. The van der Waals surface area contributed by atoms with E-state index in [0.717, 1.165) is 31.9 Å². The molecule has 18 heavy (non-hydrogen) atoms. The summed E-state index contributed by atoms with van der Waals surface area (Å²) < 4.78 is 13.6. The van der Waals surface area contributed by atoms with E-state index in [0.29, 0.717) is 5.56 Å². The molecule has 1 aliphatic carbocycles. The molecule has 0 amide bonds. The average Bonchev–Trinajstić information content (AvgIpc) is 3.07. The minimum Gasteiger partial charge on any atom is -0.508 e. The van der Waals surface area contributed by atoms with Gasteiger partial charge in [0.15, 0.2) is 0 Å². The number of aliphatic hydroxyl groups is 1. The molecule has 0 bridgehead atoms. The molecule has 0 radical (unpaired) electrons. The summed E-state index contributed by atoms with van der Waals surface area (Å²) in [6, 6.07) is 4.14. The second kappa shape index (κ2) is 5.24. The quantitative estimate of drug-likeness (QED) is 0.729. The van der Waals surface area contributed by atoms with Gasteiger partial charge in [-0.25, -0.2) is 4.39 Å².